The monoisotopic (exact) mass is 323 g/mol. The summed E-state index contributed by atoms with van der Waals surface area (Å²) in [6.45, 7) is 5.64. The third kappa shape index (κ3) is 2.69. The number of benzene rings is 2. The molecule has 1 aromatic heterocycles. The van der Waals surface area contributed by atoms with E-state index in [-0.39, 0.29) is 11.5 Å². The lowest BCUT2D eigenvalue weighted by atomic mass is 9.99. The molecular formula is C20H21NO3. The van der Waals surface area contributed by atoms with Gasteiger partial charge < -0.3 is 14.9 Å². The Balaban J connectivity index is 2.33. The smallest absolute Gasteiger partial charge is 0.196 e. The number of hydrogen-bond acceptors (Lipinski definition) is 4. The molecule has 0 aliphatic carbocycles. The molecule has 0 aliphatic heterocycles. The van der Waals surface area contributed by atoms with Crippen molar-refractivity contribution in [2.45, 2.75) is 26.8 Å². The Hall–Kier alpha value is -2.59. The van der Waals surface area contributed by atoms with Gasteiger partial charge in [-0.3, -0.25) is 4.79 Å². The molecule has 0 saturated carbocycles. The van der Waals surface area contributed by atoms with Gasteiger partial charge in [0.25, 0.3) is 0 Å². The highest BCUT2D eigenvalue weighted by molar-refractivity contribution is 5.84. The van der Waals surface area contributed by atoms with Crippen LogP contribution in [0.3, 0.4) is 0 Å². The molecule has 2 N–H and O–H groups in total. The summed E-state index contributed by atoms with van der Waals surface area (Å²) in [5, 5.41) is 0.581. The molecule has 2 aromatic carbocycles. The van der Waals surface area contributed by atoms with Crippen molar-refractivity contribution in [3.05, 3.63) is 63.3 Å². The quantitative estimate of drug-likeness (QED) is 0.788. The lowest BCUT2D eigenvalue weighted by Crippen LogP contribution is -2.12. The molecule has 0 radical (unpaired) electrons. The van der Waals surface area contributed by atoms with Crippen molar-refractivity contribution < 1.29 is 9.15 Å². The van der Waals surface area contributed by atoms with Crippen molar-refractivity contribution in [3.63, 3.8) is 0 Å². The van der Waals surface area contributed by atoms with Crippen molar-refractivity contribution in [2.75, 3.05) is 7.11 Å². The maximum absolute atomic E-state index is 12.8. The highest BCUT2D eigenvalue weighted by atomic mass is 16.5. The van der Waals surface area contributed by atoms with Crippen molar-refractivity contribution in [2.24, 2.45) is 5.73 Å². The summed E-state index contributed by atoms with van der Waals surface area (Å²) in [5.74, 6) is 1.33. The molecule has 0 bridgehead atoms. The minimum absolute atomic E-state index is 0.0207. The average molecular weight is 323 g/mol. The number of rotatable bonds is 3. The first-order chi connectivity index (χ1) is 11.4. The largest absolute Gasteiger partial charge is 0.497 e. The molecular weight excluding hydrogens is 302 g/mol. The van der Waals surface area contributed by atoms with Gasteiger partial charge in [0.05, 0.1) is 12.5 Å². The minimum Gasteiger partial charge on any atom is -0.497 e. The maximum atomic E-state index is 12.8. The molecule has 0 spiro atoms. The van der Waals surface area contributed by atoms with Crippen LogP contribution in [-0.2, 0) is 0 Å². The van der Waals surface area contributed by atoms with Crippen LogP contribution >= 0.6 is 0 Å². The standard InChI is InChI=1S/C20H21NO3/c1-11-9-16(13(3)21)20-17(10-11)18(22)12(2)19(24-20)14-5-7-15(23-4)8-6-14/h5-10,13H,21H2,1-4H3. The number of methoxy groups -OCH3 is 1. The molecule has 3 rings (SSSR count). The van der Waals surface area contributed by atoms with E-state index in [4.69, 9.17) is 14.9 Å². The first-order valence-corrected chi connectivity index (χ1v) is 7.90. The summed E-state index contributed by atoms with van der Waals surface area (Å²) in [7, 11) is 1.62. The number of fused-ring (bicyclic) bond motifs is 1. The molecule has 124 valence electrons. The van der Waals surface area contributed by atoms with Gasteiger partial charge in [-0.25, -0.2) is 0 Å². The van der Waals surface area contributed by atoms with Crippen LogP contribution in [0.5, 0.6) is 5.75 Å². The van der Waals surface area contributed by atoms with E-state index < -0.39 is 0 Å². The molecule has 3 aromatic rings. The Labute approximate surface area is 140 Å². The predicted molar refractivity (Wildman–Crippen MR) is 96.5 cm³/mol. The lowest BCUT2D eigenvalue weighted by Gasteiger charge is -2.13. The van der Waals surface area contributed by atoms with E-state index in [1.165, 1.54) is 0 Å². The normalized spacial score (nSPS) is 12.4. The Morgan fingerprint density at radius 1 is 1.12 bits per heavy atom. The van der Waals surface area contributed by atoms with Gasteiger partial charge in [-0.15, -0.1) is 0 Å². The van der Waals surface area contributed by atoms with Gasteiger partial charge >= 0.3 is 0 Å². The third-order valence-electron chi connectivity index (χ3n) is 4.23. The number of aryl methyl sites for hydroxylation is 1. The van der Waals surface area contributed by atoms with E-state index in [0.29, 0.717) is 22.3 Å². The predicted octanol–water partition coefficient (Wildman–Crippen LogP) is 4.11. The van der Waals surface area contributed by atoms with E-state index in [9.17, 15) is 4.79 Å². The Kier molecular flexibility index (Phi) is 4.16. The fourth-order valence-electron chi connectivity index (χ4n) is 2.92. The molecule has 1 atom stereocenters. The first-order valence-electron chi connectivity index (χ1n) is 7.90. The maximum Gasteiger partial charge on any atom is 0.196 e. The van der Waals surface area contributed by atoms with Crippen LogP contribution in [0.2, 0.25) is 0 Å². The fourth-order valence-corrected chi connectivity index (χ4v) is 2.92. The molecule has 0 saturated heterocycles. The van der Waals surface area contributed by atoms with Crippen molar-refractivity contribution in [1.29, 1.82) is 0 Å². The average Bonchev–Trinajstić information content (AvgIpc) is 2.58. The second-order valence-electron chi connectivity index (χ2n) is 6.13. The Morgan fingerprint density at radius 2 is 1.79 bits per heavy atom. The van der Waals surface area contributed by atoms with Crippen LogP contribution in [-0.4, -0.2) is 7.11 Å². The van der Waals surface area contributed by atoms with Crippen LogP contribution in [0.15, 0.2) is 45.6 Å². The molecule has 0 amide bonds. The van der Waals surface area contributed by atoms with Crippen molar-refractivity contribution in [1.82, 2.24) is 0 Å². The molecule has 24 heavy (non-hydrogen) atoms. The number of nitrogens with two attached hydrogens (primary N) is 1. The van der Waals surface area contributed by atoms with Gasteiger partial charge in [0.2, 0.25) is 0 Å². The first kappa shape index (κ1) is 16.3. The van der Waals surface area contributed by atoms with Crippen LogP contribution in [0.4, 0.5) is 0 Å². The SMILES string of the molecule is COc1ccc(-c2oc3c(C(C)N)cc(C)cc3c(=O)c2C)cc1. The van der Waals surface area contributed by atoms with Gasteiger partial charge in [-0.1, -0.05) is 6.07 Å². The molecule has 0 aliphatic rings. The summed E-state index contributed by atoms with van der Waals surface area (Å²) in [4.78, 5) is 12.8. The van der Waals surface area contributed by atoms with Crippen LogP contribution in [0.25, 0.3) is 22.3 Å². The zero-order valence-corrected chi connectivity index (χ0v) is 14.3. The number of ether oxygens (including phenoxy) is 1. The van der Waals surface area contributed by atoms with Gasteiger partial charge in [-0.2, -0.15) is 0 Å². The van der Waals surface area contributed by atoms with Crippen LogP contribution in [0.1, 0.15) is 29.7 Å². The van der Waals surface area contributed by atoms with E-state index >= 15 is 0 Å². The highest BCUT2D eigenvalue weighted by Gasteiger charge is 2.17. The van der Waals surface area contributed by atoms with E-state index in [1.54, 1.807) is 14.0 Å². The summed E-state index contributed by atoms with van der Waals surface area (Å²) in [6.07, 6.45) is 0. The topological polar surface area (TPSA) is 65.5 Å². The van der Waals surface area contributed by atoms with Crippen molar-refractivity contribution in [3.8, 4) is 17.1 Å². The summed E-state index contributed by atoms with van der Waals surface area (Å²) in [5.41, 5.74) is 9.90. The molecule has 0 fully saturated rings. The lowest BCUT2D eigenvalue weighted by molar-refractivity contribution is 0.415. The van der Waals surface area contributed by atoms with E-state index in [1.807, 2.05) is 50.2 Å². The van der Waals surface area contributed by atoms with Crippen molar-refractivity contribution >= 4 is 11.0 Å². The van der Waals surface area contributed by atoms with Gasteiger partial charge in [0, 0.05) is 22.7 Å². The van der Waals surface area contributed by atoms with Gasteiger partial charge in [0.15, 0.2) is 5.43 Å². The zero-order valence-electron chi connectivity index (χ0n) is 14.3. The summed E-state index contributed by atoms with van der Waals surface area (Å²) < 4.78 is 11.3. The van der Waals surface area contributed by atoms with Gasteiger partial charge in [-0.05, 0) is 56.7 Å². The second-order valence-corrected chi connectivity index (χ2v) is 6.13. The molecule has 1 unspecified atom stereocenters. The molecule has 4 heteroatoms. The highest BCUT2D eigenvalue weighted by Crippen LogP contribution is 2.30. The summed E-state index contributed by atoms with van der Waals surface area (Å²) in [6, 6.07) is 11.1. The molecule has 4 nitrogen and oxygen atoms in total. The summed E-state index contributed by atoms with van der Waals surface area (Å²) >= 11 is 0. The van der Waals surface area contributed by atoms with E-state index in [0.717, 1.165) is 22.4 Å². The van der Waals surface area contributed by atoms with Crippen LogP contribution in [0, 0.1) is 13.8 Å². The number of hydrogen-bond donors (Lipinski definition) is 1. The zero-order chi connectivity index (χ0) is 17.4. The minimum atomic E-state index is -0.220. The van der Waals surface area contributed by atoms with Gasteiger partial charge in [0.1, 0.15) is 17.1 Å². The van der Waals surface area contributed by atoms with Crippen LogP contribution < -0.4 is 15.9 Å². The van der Waals surface area contributed by atoms with E-state index in [2.05, 4.69) is 0 Å². The molecule has 1 heterocycles. The Bertz CT molecular complexity index is 953. The third-order valence-corrected chi connectivity index (χ3v) is 4.23. The Morgan fingerprint density at radius 3 is 2.38 bits per heavy atom. The fraction of sp³-hybridized carbons (Fsp3) is 0.250. The second kappa shape index (κ2) is 6.13.